The Balaban J connectivity index is 1.60. The molecule has 1 N–H and O–H groups in total. The van der Waals surface area contributed by atoms with Gasteiger partial charge in [0.2, 0.25) is 5.91 Å². The number of carbonyl (C=O) groups is 1. The molecule has 0 saturated carbocycles. The summed E-state index contributed by atoms with van der Waals surface area (Å²) in [6, 6.07) is 17.7. The Morgan fingerprint density at radius 1 is 1.00 bits per heavy atom. The van der Waals surface area contributed by atoms with E-state index in [0.29, 0.717) is 5.76 Å². The molecule has 1 heterocycles. The Labute approximate surface area is 163 Å². The van der Waals surface area contributed by atoms with Gasteiger partial charge in [-0.25, -0.2) is 12.8 Å². The summed E-state index contributed by atoms with van der Waals surface area (Å²) in [4.78, 5) is 12.4. The van der Waals surface area contributed by atoms with Crippen LogP contribution in [-0.4, -0.2) is 26.6 Å². The highest BCUT2D eigenvalue weighted by Crippen LogP contribution is 2.28. The summed E-state index contributed by atoms with van der Waals surface area (Å²) in [6.07, 6.45) is 1.69. The summed E-state index contributed by atoms with van der Waals surface area (Å²) in [5, 5.41) is 2.65. The monoisotopic (exact) mass is 401 g/mol. The minimum absolute atomic E-state index is 0.0286. The quantitative estimate of drug-likeness (QED) is 0.586. The van der Waals surface area contributed by atoms with Crippen molar-refractivity contribution in [2.24, 2.45) is 0 Å². The zero-order chi connectivity index (χ0) is 20.0. The van der Waals surface area contributed by atoms with Gasteiger partial charge in [-0.05, 0) is 42.0 Å². The lowest BCUT2D eigenvalue weighted by Gasteiger charge is -2.15. The van der Waals surface area contributed by atoms with Gasteiger partial charge >= 0.3 is 0 Å². The van der Waals surface area contributed by atoms with Gasteiger partial charge in [0.05, 0.1) is 22.8 Å². The van der Waals surface area contributed by atoms with Crippen LogP contribution in [0, 0.1) is 5.82 Å². The van der Waals surface area contributed by atoms with Crippen molar-refractivity contribution < 1.29 is 22.0 Å². The molecule has 146 valence electrons. The maximum absolute atomic E-state index is 13.0. The molecule has 28 heavy (non-hydrogen) atoms. The molecule has 0 aliphatic rings. The highest BCUT2D eigenvalue weighted by atomic mass is 32.2. The van der Waals surface area contributed by atoms with Crippen molar-refractivity contribution in [3.8, 4) is 0 Å². The van der Waals surface area contributed by atoms with Crippen molar-refractivity contribution in [3.05, 3.63) is 90.1 Å². The first-order valence-corrected chi connectivity index (χ1v) is 10.4. The van der Waals surface area contributed by atoms with E-state index in [4.69, 9.17) is 4.42 Å². The molecule has 0 bridgehead atoms. The number of halogens is 1. The third-order valence-corrected chi connectivity index (χ3v) is 6.08. The van der Waals surface area contributed by atoms with E-state index < -0.39 is 15.7 Å². The number of sulfone groups is 1. The standard InChI is InChI=1S/C21H20FNO4S/c22-17-8-10-18(11-9-17)28(25,26)14-12-23-21(24)15-19(20-7-4-13-27-20)16-5-2-1-3-6-16/h1-11,13,19H,12,14-15H2,(H,23,24). The SMILES string of the molecule is O=C(CC(c1ccccc1)c1ccco1)NCCS(=O)(=O)c1ccc(F)cc1. The number of carbonyl (C=O) groups excluding carboxylic acids is 1. The maximum Gasteiger partial charge on any atom is 0.221 e. The van der Waals surface area contributed by atoms with Gasteiger partial charge in [0.25, 0.3) is 0 Å². The zero-order valence-electron chi connectivity index (χ0n) is 15.0. The molecule has 0 aliphatic heterocycles. The van der Waals surface area contributed by atoms with E-state index in [-0.39, 0.29) is 35.4 Å². The lowest BCUT2D eigenvalue weighted by Crippen LogP contribution is -2.30. The van der Waals surface area contributed by atoms with Gasteiger partial charge in [0.15, 0.2) is 9.84 Å². The number of furan rings is 1. The second-order valence-electron chi connectivity index (χ2n) is 6.31. The van der Waals surface area contributed by atoms with Gasteiger partial charge in [-0.15, -0.1) is 0 Å². The molecule has 0 saturated heterocycles. The van der Waals surface area contributed by atoms with Crippen LogP contribution in [0.25, 0.3) is 0 Å². The third-order valence-electron chi connectivity index (χ3n) is 4.34. The Morgan fingerprint density at radius 2 is 1.71 bits per heavy atom. The van der Waals surface area contributed by atoms with E-state index in [0.717, 1.165) is 17.7 Å². The van der Waals surface area contributed by atoms with E-state index >= 15 is 0 Å². The van der Waals surface area contributed by atoms with Gasteiger partial charge in [-0.1, -0.05) is 30.3 Å². The summed E-state index contributed by atoms with van der Waals surface area (Å²) in [6.45, 7) is -0.0296. The van der Waals surface area contributed by atoms with E-state index in [9.17, 15) is 17.6 Å². The van der Waals surface area contributed by atoms with Crippen LogP contribution in [0.1, 0.15) is 23.7 Å². The van der Waals surface area contributed by atoms with Crippen molar-refractivity contribution >= 4 is 15.7 Å². The highest BCUT2D eigenvalue weighted by Gasteiger charge is 2.21. The van der Waals surface area contributed by atoms with Crippen LogP contribution < -0.4 is 5.32 Å². The lowest BCUT2D eigenvalue weighted by atomic mass is 9.93. The van der Waals surface area contributed by atoms with E-state index in [2.05, 4.69) is 5.32 Å². The summed E-state index contributed by atoms with van der Waals surface area (Å²) in [5.74, 6) is -0.636. The maximum atomic E-state index is 13.0. The number of nitrogens with one attached hydrogen (secondary N) is 1. The van der Waals surface area contributed by atoms with E-state index in [1.54, 1.807) is 12.3 Å². The van der Waals surface area contributed by atoms with Crippen molar-refractivity contribution in [2.75, 3.05) is 12.3 Å². The molecular weight excluding hydrogens is 381 g/mol. The Hall–Kier alpha value is -2.93. The smallest absolute Gasteiger partial charge is 0.221 e. The minimum atomic E-state index is -3.60. The largest absolute Gasteiger partial charge is 0.469 e. The topological polar surface area (TPSA) is 76.4 Å². The van der Waals surface area contributed by atoms with E-state index in [1.807, 2.05) is 36.4 Å². The number of rotatable bonds is 8. The molecule has 3 aromatic rings. The molecule has 1 atom stereocenters. The highest BCUT2D eigenvalue weighted by molar-refractivity contribution is 7.91. The van der Waals surface area contributed by atoms with Crippen molar-refractivity contribution in [3.63, 3.8) is 0 Å². The summed E-state index contributed by atoms with van der Waals surface area (Å²) < 4.78 is 43.0. The van der Waals surface area contributed by atoms with Crippen LogP contribution in [0.3, 0.4) is 0 Å². The molecule has 0 aliphatic carbocycles. The Morgan fingerprint density at radius 3 is 2.36 bits per heavy atom. The fourth-order valence-corrected chi connectivity index (χ4v) is 4.06. The second-order valence-corrected chi connectivity index (χ2v) is 8.41. The van der Waals surface area contributed by atoms with Crippen LogP contribution in [0.15, 0.2) is 82.3 Å². The van der Waals surface area contributed by atoms with E-state index in [1.165, 1.54) is 12.1 Å². The molecule has 7 heteroatoms. The van der Waals surface area contributed by atoms with Crippen LogP contribution in [0.5, 0.6) is 0 Å². The average Bonchev–Trinajstić information content (AvgIpc) is 3.21. The molecule has 1 aromatic heterocycles. The molecule has 1 unspecified atom stereocenters. The fraction of sp³-hybridized carbons (Fsp3) is 0.190. The molecule has 0 radical (unpaired) electrons. The van der Waals surface area contributed by atoms with Gasteiger partial charge in [0.1, 0.15) is 11.6 Å². The predicted octanol–water partition coefficient (Wildman–Crippen LogP) is 3.53. The first-order chi connectivity index (χ1) is 13.5. The van der Waals surface area contributed by atoms with Gasteiger partial charge < -0.3 is 9.73 Å². The van der Waals surface area contributed by atoms with Crippen molar-refractivity contribution in [2.45, 2.75) is 17.2 Å². The Bertz CT molecular complexity index is 1000. The third kappa shape index (κ3) is 5.07. The molecule has 3 rings (SSSR count). The predicted molar refractivity (Wildman–Crippen MR) is 103 cm³/mol. The minimum Gasteiger partial charge on any atom is -0.469 e. The molecule has 5 nitrogen and oxygen atoms in total. The van der Waals surface area contributed by atoms with Crippen molar-refractivity contribution in [1.82, 2.24) is 5.32 Å². The first kappa shape index (κ1) is 19.8. The molecular formula is C21H20FNO4S. The number of hydrogen-bond acceptors (Lipinski definition) is 4. The second kappa shape index (κ2) is 8.84. The van der Waals surface area contributed by atoms with Crippen LogP contribution >= 0.6 is 0 Å². The molecule has 1 amide bonds. The number of amides is 1. The molecule has 0 fully saturated rings. The van der Waals surface area contributed by atoms with Crippen LogP contribution in [0.2, 0.25) is 0 Å². The van der Waals surface area contributed by atoms with Crippen LogP contribution in [0.4, 0.5) is 4.39 Å². The van der Waals surface area contributed by atoms with Crippen LogP contribution in [-0.2, 0) is 14.6 Å². The van der Waals surface area contributed by atoms with Crippen molar-refractivity contribution in [1.29, 1.82) is 0 Å². The average molecular weight is 401 g/mol. The number of hydrogen-bond donors (Lipinski definition) is 1. The lowest BCUT2D eigenvalue weighted by molar-refractivity contribution is -0.121. The summed E-state index contributed by atoms with van der Waals surface area (Å²) >= 11 is 0. The fourth-order valence-electron chi connectivity index (χ4n) is 2.90. The normalized spacial score (nSPS) is 12.5. The van der Waals surface area contributed by atoms with Gasteiger partial charge in [-0.2, -0.15) is 0 Å². The molecule has 2 aromatic carbocycles. The van der Waals surface area contributed by atoms with Gasteiger partial charge in [-0.3, -0.25) is 4.79 Å². The molecule has 0 spiro atoms. The summed E-state index contributed by atoms with van der Waals surface area (Å²) in [5.41, 5.74) is 0.937. The summed E-state index contributed by atoms with van der Waals surface area (Å²) in [7, 11) is -3.60. The zero-order valence-corrected chi connectivity index (χ0v) is 15.9. The number of benzene rings is 2. The first-order valence-electron chi connectivity index (χ1n) is 8.79. The van der Waals surface area contributed by atoms with Gasteiger partial charge in [0, 0.05) is 13.0 Å². The Kier molecular flexibility index (Phi) is 6.26.